The molecule has 0 radical (unpaired) electrons. The molecule has 0 amide bonds. The summed E-state index contributed by atoms with van der Waals surface area (Å²) in [6.45, 7) is 15.3. The van der Waals surface area contributed by atoms with Crippen LogP contribution in [0, 0.1) is 31.6 Å². The van der Waals surface area contributed by atoms with Crippen LogP contribution >= 0.6 is 0 Å². The van der Waals surface area contributed by atoms with Crippen LogP contribution in [0.3, 0.4) is 0 Å². The number of aromatic amines is 1. The largest absolute Gasteiger partial charge is 0.358 e. The van der Waals surface area contributed by atoms with E-state index in [-0.39, 0.29) is 5.43 Å². The summed E-state index contributed by atoms with van der Waals surface area (Å²) in [5, 5.41) is 0.844. The van der Waals surface area contributed by atoms with Gasteiger partial charge in [0.15, 0.2) is 5.43 Å². The minimum absolute atomic E-state index is 0.217. The Hall–Kier alpha value is -1.61. The standard InChI is InChI=1S/C23H32N2O/c1-14-7-15(2)20-18(8-14)21(26)19(16(3)24-20)11-25-13-23(6)10-17(25)9-22(4,5)12-23/h7-8,17H,9-13H2,1-6H3,(H,24,26)/t17-,23+/m0/s1. The van der Waals surface area contributed by atoms with E-state index in [9.17, 15) is 4.79 Å². The SMILES string of the molecule is Cc1cc(C)c2[nH]c(C)c(CN3C[C@]4(C)C[C@@H]3CC(C)(C)C4)c(=O)c2c1. The topological polar surface area (TPSA) is 36.1 Å². The maximum atomic E-state index is 13.3. The molecule has 2 bridgehead atoms. The number of rotatable bonds is 2. The van der Waals surface area contributed by atoms with Crippen LogP contribution in [0.4, 0.5) is 0 Å². The highest BCUT2D eigenvalue weighted by Gasteiger charge is 2.49. The molecule has 1 saturated heterocycles. The Labute approximate surface area is 156 Å². The fourth-order valence-electron chi connectivity index (χ4n) is 6.06. The molecule has 2 aromatic rings. The molecular weight excluding hydrogens is 320 g/mol. The van der Waals surface area contributed by atoms with Gasteiger partial charge in [-0.25, -0.2) is 0 Å². The first-order valence-electron chi connectivity index (χ1n) is 9.94. The number of nitrogens with zero attached hydrogens (tertiary/aromatic N) is 1. The molecule has 1 aliphatic carbocycles. The highest BCUT2D eigenvalue weighted by molar-refractivity contribution is 5.83. The first-order chi connectivity index (χ1) is 12.1. The van der Waals surface area contributed by atoms with Crippen molar-refractivity contribution in [3.63, 3.8) is 0 Å². The van der Waals surface area contributed by atoms with Gasteiger partial charge in [0.1, 0.15) is 0 Å². The van der Waals surface area contributed by atoms with Gasteiger partial charge in [0.2, 0.25) is 0 Å². The summed E-state index contributed by atoms with van der Waals surface area (Å²) in [6.07, 6.45) is 3.81. The Morgan fingerprint density at radius 3 is 2.62 bits per heavy atom. The lowest BCUT2D eigenvalue weighted by Crippen LogP contribution is -2.35. The summed E-state index contributed by atoms with van der Waals surface area (Å²) in [6, 6.07) is 4.79. The number of benzene rings is 1. The summed E-state index contributed by atoms with van der Waals surface area (Å²) in [4.78, 5) is 19.4. The van der Waals surface area contributed by atoms with Crippen LogP contribution in [-0.2, 0) is 6.54 Å². The van der Waals surface area contributed by atoms with E-state index < -0.39 is 0 Å². The number of likely N-dealkylation sites (tertiary alicyclic amines) is 1. The third-order valence-electron chi connectivity index (χ3n) is 6.65. The summed E-state index contributed by atoms with van der Waals surface area (Å²) in [5.74, 6) is 0. The maximum absolute atomic E-state index is 13.3. The van der Waals surface area contributed by atoms with Gasteiger partial charge in [-0.2, -0.15) is 0 Å². The lowest BCUT2D eigenvalue weighted by atomic mass is 9.65. The second-order valence-electron chi connectivity index (χ2n) is 10.2. The lowest BCUT2D eigenvalue weighted by molar-refractivity contribution is 0.126. The molecular formula is C23H32N2O. The van der Waals surface area contributed by atoms with E-state index in [1.165, 1.54) is 19.3 Å². The summed E-state index contributed by atoms with van der Waals surface area (Å²) < 4.78 is 0. The third kappa shape index (κ3) is 2.90. The maximum Gasteiger partial charge on any atom is 0.194 e. The summed E-state index contributed by atoms with van der Waals surface area (Å²) >= 11 is 0. The van der Waals surface area contributed by atoms with Crippen molar-refractivity contribution in [3.05, 3.63) is 44.7 Å². The highest BCUT2D eigenvalue weighted by Crippen LogP contribution is 2.52. The molecule has 3 nitrogen and oxygen atoms in total. The molecule has 2 aliphatic rings. The molecule has 2 heterocycles. The van der Waals surface area contributed by atoms with E-state index in [2.05, 4.69) is 57.5 Å². The van der Waals surface area contributed by atoms with E-state index in [4.69, 9.17) is 0 Å². The van der Waals surface area contributed by atoms with Crippen molar-refractivity contribution in [2.45, 2.75) is 73.4 Å². The molecule has 2 atom stereocenters. The Balaban J connectivity index is 1.74. The van der Waals surface area contributed by atoms with Crippen molar-refractivity contribution in [2.24, 2.45) is 10.8 Å². The molecule has 1 aromatic heterocycles. The van der Waals surface area contributed by atoms with Crippen LogP contribution in [0.25, 0.3) is 10.9 Å². The number of hydrogen-bond donors (Lipinski definition) is 1. The monoisotopic (exact) mass is 352 g/mol. The second-order valence-corrected chi connectivity index (χ2v) is 10.2. The molecule has 1 N–H and O–H groups in total. The molecule has 140 valence electrons. The van der Waals surface area contributed by atoms with Crippen molar-refractivity contribution < 1.29 is 0 Å². The Morgan fingerprint density at radius 1 is 1.15 bits per heavy atom. The molecule has 2 fully saturated rings. The van der Waals surface area contributed by atoms with Gasteiger partial charge in [-0.15, -0.1) is 0 Å². The highest BCUT2D eigenvalue weighted by atomic mass is 16.1. The number of fused-ring (bicyclic) bond motifs is 3. The van der Waals surface area contributed by atoms with Gasteiger partial charge >= 0.3 is 0 Å². The Morgan fingerprint density at radius 2 is 1.88 bits per heavy atom. The van der Waals surface area contributed by atoms with Gasteiger partial charge in [0.05, 0.1) is 5.52 Å². The molecule has 0 unspecified atom stereocenters. The molecule has 3 heteroatoms. The fourth-order valence-corrected chi connectivity index (χ4v) is 6.06. The number of nitrogens with one attached hydrogen (secondary N) is 1. The van der Waals surface area contributed by atoms with Gasteiger partial charge in [0, 0.05) is 35.8 Å². The van der Waals surface area contributed by atoms with Gasteiger partial charge in [-0.3, -0.25) is 9.69 Å². The van der Waals surface area contributed by atoms with Crippen molar-refractivity contribution in [2.75, 3.05) is 6.54 Å². The average Bonchev–Trinajstić information content (AvgIpc) is 2.73. The minimum Gasteiger partial charge on any atom is -0.358 e. The van der Waals surface area contributed by atoms with Crippen LogP contribution in [0.5, 0.6) is 0 Å². The Kier molecular flexibility index (Phi) is 3.89. The normalized spacial score (nSPS) is 28.0. The smallest absolute Gasteiger partial charge is 0.194 e. The van der Waals surface area contributed by atoms with Crippen molar-refractivity contribution >= 4 is 10.9 Å². The van der Waals surface area contributed by atoms with Crippen molar-refractivity contribution in [1.29, 1.82) is 0 Å². The fraction of sp³-hybridized carbons (Fsp3) is 0.609. The first-order valence-corrected chi connectivity index (χ1v) is 9.94. The molecule has 1 aliphatic heterocycles. The van der Waals surface area contributed by atoms with E-state index in [1.807, 2.05) is 6.07 Å². The van der Waals surface area contributed by atoms with Crippen LogP contribution in [-0.4, -0.2) is 22.5 Å². The zero-order valence-corrected chi connectivity index (χ0v) is 17.1. The van der Waals surface area contributed by atoms with Gasteiger partial charge in [0.25, 0.3) is 0 Å². The summed E-state index contributed by atoms with van der Waals surface area (Å²) in [7, 11) is 0. The zero-order chi connectivity index (χ0) is 18.9. The van der Waals surface area contributed by atoms with E-state index in [0.29, 0.717) is 16.9 Å². The average molecular weight is 353 g/mol. The number of hydrogen-bond acceptors (Lipinski definition) is 2. The number of pyridine rings is 1. The Bertz CT molecular complexity index is 939. The van der Waals surface area contributed by atoms with Crippen LogP contribution < -0.4 is 5.43 Å². The lowest BCUT2D eigenvalue weighted by Gasteiger charge is -2.40. The molecule has 1 saturated carbocycles. The van der Waals surface area contributed by atoms with E-state index in [0.717, 1.165) is 46.4 Å². The molecule has 1 aromatic carbocycles. The number of aromatic nitrogens is 1. The quantitative estimate of drug-likeness (QED) is 0.838. The van der Waals surface area contributed by atoms with Crippen molar-refractivity contribution in [3.8, 4) is 0 Å². The predicted molar refractivity (Wildman–Crippen MR) is 109 cm³/mol. The molecule has 0 spiro atoms. The first kappa shape index (κ1) is 17.8. The van der Waals surface area contributed by atoms with Gasteiger partial charge in [-0.1, -0.05) is 26.8 Å². The second kappa shape index (κ2) is 5.69. The van der Waals surface area contributed by atoms with Crippen LogP contribution in [0.15, 0.2) is 16.9 Å². The van der Waals surface area contributed by atoms with E-state index >= 15 is 0 Å². The van der Waals surface area contributed by atoms with Crippen LogP contribution in [0.1, 0.15) is 62.4 Å². The predicted octanol–water partition coefficient (Wildman–Crippen LogP) is 4.85. The van der Waals surface area contributed by atoms with Gasteiger partial charge in [-0.05, 0) is 68.1 Å². The number of H-pyrrole nitrogens is 1. The van der Waals surface area contributed by atoms with E-state index in [1.54, 1.807) is 0 Å². The van der Waals surface area contributed by atoms with Crippen LogP contribution in [0.2, 0.25) is 0 Å². The molecule has 4 rings (SSSR count). The van der Waals surface area contributed by atoms with Crippen molar-refractivity contribution in [1.82, 2.24) is 9.88 Å². The number of aryl methyl sites for hydroxylation is 3. The summed E-state index contributed by atoms with van der Waals surface area (Å²) in [5.41, 5.74) is 6.31. The third-order valence-corrected chi connectivity index (χ3v) is 6.65. The minimum atomic E-state index is 0.217. The van der Waals surface area contributed by atoms with Gasteiger partial charge < -0.3 is 4.98 Å². The molecule has 26 heavy (non-hydrogen) atoms. The zero-order valence-electron chi connectivity index (χ0n) is 17.1.